The largest absolute Gasteiger partial charge is 0.345 e. The third-order valence-electron chi connectivity index (χ3n) is 4.19. The fourth-order valence-corrected chi connectivity index (χ4v) is 3.77. The second kappa shape index (κ2) is 6.95. The molecule has 132 valence electrons. The molecular weight excluding hydrogens is 338 g/mol. The van der Waals surface area contributed by atoms with Gasteiger partial charge in [-0.3, -0.25) is 4.79 Å². The van der Waals surface area contributed by atoms with Crippen LogP contribution in [-0.2, 0) is 29.7 Å². The quantitative estimate of drug-likeness (QED) is 0.847. The van der Waals surface area contributed by atoms with Gasteiger partial charge in [0.05, 0.1) is 4.90 Å². The zero-order chi connectivity index (χ0) is 18.0. The topological polar surface area (TPSA) is 78.5 Å². The molecule has 1 amide bonds. The molecule has 2 aromatic rings. The van der Waals surface area contributed by atoms with E-state index >= 15 is 0 Å². The monoisotopic (exact) mass is 359 g/mol. The molecule has 0 saturated carbocycles. The van der Waals surface area contributed by atoms with Crippen molar-refractivity contribution in [2.24, 2.45) is 0 Å². The second-order valence-corrected chi connectivity index (χ2v) is 8.02. The van der Waals surface area contributed by atoms with Crippen molar-refractivity contribution in [2.45, 2.75) is 24.5 Å². The average Bonchev–Trinajstić information content (AvgIpc) is 3.07. The molecule has 0 atom stereocenters. The van der Waals surface area contributed by atoms with Gasteiger partial charge in [0.25, 0.3) is 5.91 Å². The second-order valence-electron chi connectivity index (χ2n) is 6.26. The lowest BCUT2D eigenvalue weighted by Gasteiger charge is -2.11. The van der Waals surface area contributed by atoms with E-state index in [1.165, 1.54) is 40.3 Å². The van der Waals surface area contributed by atoms with Crippen LogP contribution in [0.1, 0.15) is 27.0 Å². The van der Waals surface area contributed by atoms with E-state index in [2.05, 4.69) is 10.0 Å². The molecule has 1 heterocycles. The first-order valence-corrected chi connectivity index (χ1v) is 9.48. The fourth-order valence-electron chi connectivity index (χ4n) is 2.75. The number of nitrogens with one attached hydrogen (secondary N) is 2. The number of fused-ring (bicyclic) bond motifs is 1. The zero-order valence-corrected chi connectivity index (χ0v) is 15.1. The lowest BCUT2D eigenvalue weighted by molar-refractivity contribution is 0.0827. The Kier molecular flexibility index (Phi) is 4.89. The normalized spacial score (nSPS) is 13.5. The van der Waals surface area contributed by atoms with Crippen LogP contribution in [0.4, 0.5) is 0 Å². The number of carbonyl (C=O) groups excluding carboxylic acids is 1. The minimum Gasteiger partial charge on any atom is -0.345 e. The van der Waals surface area contributed by atoms with Crippen LogP contribution in [0.3, 0.4) is 0 Å². The molecule has 1 aliphatic rings. The smallest absolute Gasteiger partial charge is 0.253 e. The molecule has 0 saturated heterocycles. The molecule has 7 heteroatoms. The molecule has 0 unspecified atom stereocenters. The van der Waals surface area contributed by atoms with Gasteiger partial charge in [0.15, 0.2) is 0 Å². The van der Waals surface area contributed by atoms with Gasteiger partial charge < -0.3 is 10.2 Å². The van der Waals surface area contributed by atoms with E-state index < -0.39 is 10.0 Å². The van der Waals surface area contributed by atoms with Crippen molar-refractivity contribution in [3.8, 4) is 0 Å². The lowest BCUT2D eigenvalue weighted by Crippen LogP contribution is -2.24. The van der Waals surface area contributed by atoms with Crippen LogP contribution in [0.2, 0.25) is 0 Å². The molecule has 1 aliphatic heterocycles. The number of hydrogen-bond acceptors (Lipinski definition) is 4. The fraction of sp³-hybridized carbons (Fsp3) is 0.278. The predicted molar refractivity (Wildman–Crippen MR) is 95.5 cm³/mol. The van der Waals surface area contributed by atoms with Crippen LogP contribution < -0.4 is 10.0 Å². The van der Waals surface area contributed by atoms with Gasteiger partial charge in [0, 0.05) is 39.3 Å². The molecular formula is C18H21N3O3S. The Balaban J connectivity index is 1.70. The van der Waals surface area contributed by atoms with E-state index in [-0.39, 0.29) is 17.3 Å². The number of benzene rings is 2. The number of rotatable bonds is 5. The third kappa shape index (κ3) is 3.89. The zero-order valence-electron chi connectivity index (χ0n) is 14.2. The predicted octanol–water partition coefficient (Wildman–Crippen LogP) is 1.47. The first-order valence-electron chi connectivity index (χ1n) is 7.99. The highest BCUT2D eigenvalue weighted by Crippen LogP contribution is 2.18. The van der Waals surface area contributed by atoms with Crippen molar-refractivity contribution in [2.75, 3.05) is 14.1 Å². The van der Waals surface area contributed by atoms with E-state index in [0.717, 1.165) is 18.7 Å². The number of sulfonamides is 1. The van der Waals surface area contributed by atoms with Gasteiger partial charge in [0.1, 0.15) is 0 Å². The van der Waals surface area contributed by atoms with Gasteiger partial charge in [-0.2, -0.15) is 0 Å². The summed E-state index contributed by atoms with van der Waals surface area (Å²) < 4.78 is 27.5. The summed E-state index contributed by atoms with van der Waals surface area (Å²) in [6.07, 6.45) is 0. The number of hydrogen-bond donors (Lipinski definition) is 2. The highest BCUT2D eigenvalue weighted by molar-refractivity contribution is 7.89. The molecule has 0 aliphatic carbocycles. The molecule has 3 rings (SSSR count). The third-order valence-corrected chi connectivity index (χ3v) is 5.60. The van der Waals surface area contributed by atoms with Gasteiger partial charge >= 0.3 is 0 Å². The Morgan fingerprint density at radius 2 is 1.76 bits per heavy atom. The van der Waals surface area contributed by atoms with Gasteiger partial charge in [-0.25, -0.2) is 13.1 Å². The minimum atomic E-state index is -3.63. The average molecular weight is 359 g/mol. The van der Waals surface area contributed by atoms with Crippen molar-refractivity contribution in [3.05, 3.63) is 64.7 Å². The number of nitrogens with zero attached hydrogens (tertiary/aromatic N) is 1. The molecule has 2 aromatic carbocycles. The maximum absolute atomic E-state index is 12.4. The van der Waals surface area contributed by atoms with Crippen LogP contribution in [-0.4, -0.2) is 33.3 Å². The SMILES string of the molecule is CN(C)C(=O)c1ccc(S(=O)(=O)NCc2ccc3c(c2)CNC3)cc1. The van der Waals surface area contributed by atoms with Gasteiger partial charge in [-0.05, 0) is 41.0 Å². The first-order chi connectivity index (χ1) is 11.9. The Bertz CT molecular complexity index is 890. The highest BCUT2D eigenvalue weighted by atomic mass is 32.2. The number of amides is 1. The van der Waals surface area contributed by atoms with Crippen LogP contribution in [0.15, 0.2) is 47.4 Å². The van der Waals surface area contributed by atoms with Crippen molar-refractivity contribution in [3.63, 3.8) is 0 Å². The minimum absolute atomic E-state index is 0.144. The highest BCUT2D eigenvalue weighted by Gasteiger charge is 2.16. The molecule has 0 bridgehead atoms. The van der Waals surface area contributed by atoms with E-state index in [0.29, 0.717) is 5.56 Å². The van der Waals surface area contributed by atoms with Crippen molar-refractivity contribution in [1.29, 1.82) is 0 Å². The van der Waals surface area contributed by atoms with E-state index in [9.17, 15) is 13.2 Å². The van der Waals surface area contributed by atoms with Crippen molar-refractivity contribution in [1.82, 2.24) is 14.9 Å². The molecule has 6 nitrogen and oxygen atoms in total. The first kappa shape index (κ1) is 17.6. The van der Waals surface area contributed by atoms with Crippen LogP contribution in [0.5, 0.6) is 0 Å². The molecule has 0 fully saturated rings. The Morgan fingerprint density at radius 3 is 2.44 bits per heavy atom. The summed E-state index contributed by atoms with van der Waals surface area (Å²) in [6.45, 7) is 1.91. The molecule has 0 aromatic heterocycles. The number of carbonyl (C=O) groups is 1. The maximum atomic E-state index is 12.4. The van der Waals surface area contributed by atoms with E-state index in [4.69, 9.17) is 0 Å². The van der Waals surface area contributed by atoms with Crippen LogP contribution in [0, 0.1) is 0 Å². The van der Waals surface area contributed by atoms with Crippen LogP contribution in [0.25, 0.3) is 0 Å². The Labute approximate surface area is 147 Å². The standard InChI is InChI=1S/C18H21N3O3S/c1-21(2)18(22)14-5-7-17(8-6-14)25(23,24)20-10-13-3-4-15-11-19-12-16(15)9-13/h3-9,19-20H,10-12H2,1-2H3. The molecule has 0 radical (unpaired) electrons. The van der Waals surface area contributed by atoms with Crippen molar-refractivity contribution >= 4 is 15.9 Å². The summed E-state index contributed by atoms with van der Waals surface area (Å²) in [5.41, 5.74) is 3.84. The molecule has 0 spiro atoms. The summed E-state index contributed by atoms with van der Waals surface area (Å²) in [6, 6.07) is 11.9. The van der Waals surface area contributed by atoms with Gasteiger partial charge in [-0.1, -0.05) is 18.2 Å². The van der Waals surface area contributed by atoms with E-state index in [1.807, 2.05) is 18.2 Å². The van der Waals surface area contributed by atoms with E-state index in [1.54, 1.807) is 14.1 Å². The van der Waals surface area contributed by atoms with Gasteiger partial charge in [0.2, 0.25) is 10.0 Å². The molecule has 25 heavy (non-hydrogen) atoms. The Morgan fingerprint density at radius 1 is 1.08 bits per heavy atom. The van der Waals surface area contributed by atoms with Gasteiger partial charge in [-0.15, -0.1) is 0 Å². The lowest BCUT2D eigenvalue weighted by atomic mass is 10.1. The summed E-state index contributed by atoms with van der Waals surface area (Å²) in [5, 5.41) is 3.27. The summed E-state index contributed by atoms with van der Waals surface area (Å²) in [7, 11) is -0.319. The summed E-state index contributed by atoms with van der Waals surface area (Å²) in [4.78, 5) is 13.5. The Hall–Kier alpha value is -2.22. The molecule has 2 N–H and O–H groups in total. The van der Waals surface area contributed by atoms with Crippen LogP contribution >= 0.6 is 0 Å². The summed E-state index contributed by atoms with van der Waals surface area (Å²) in [5.74, 6) is -0.163. The maximum Gasteiger partial charge on any atom is 0.253 e. The summed E-state index contributed by atoms with van der Waals surface area (Å²) >= 11 is 0. The van der Waals surface area contributed by atoms with Crippen molar-refractivity contribution < 1.29 is 13.2 Å².